The average Bonchev–Trinajstić information content (AvgIpc) is 3.48. The Morgan fingerprint density at radius 3 is 2.52 bits per heavy atom. The van der Waals surface area contributed by atoms with Crippen LogP contribution in [0.5, 0.6) is 17.2 Å². The smallest absolute Gasteiger partial charge is 0.250 e. The van der Waals surface area contributed by atoms with Crippen LogP contribution in [-0.4, -0.2) is 83.7 Å². The summed E-state index contributed by atoms with van der Waals surface area (Å²) in [6, 6.07) is 14.0. The number of Topliss-reactive ketones (excluding diaryl/α,β-unsaturated/α-hetero) is 2. The molecular formula is C40H42ClN3O9S. The predicted molar refractivity (Wildman–Crippen MR) is 202 cm³/mol. The Hall–Kier alpha value is -4.75. The lowest BCUT2D eigenvalue weighted by atomic mass is 9.69. The lowest BCUT2D eigenvalue weighted by Crippen LogP contribution is -2.53. The fourth-order valence-electron chi connectivity index (χ4n) is 8.59. The molecule has 0 saturated carbocycles. The van der Waals surface area contributed by atoms with Gasteiger partial charge in [-0.2, -0.15) is 0 Å². The van der Waals surface area contributed by atoms with Crippen LogP contribution in [0, 0.1) is 11.8 Å². The number of likely N-dealkylation sites (tertiary alicyclic amines) is 1. The van der Waals surface area contributed by atoms with Gasteiger partial charge in [-0.3, -0.25) is 24.0 Å². The van der Waals surface area contributed by atoms with E-state index in [0.717, 1.165) is 17.0 Å². The van der Waals surface area contributed by atoms with Gasteiger partial charge >= 0.3 is 0 Å². The number of hydrogen-bond acceptors (Lipinski definition) is 10. The number of ether oxygens (including phenoxy) is 3. The van der Waals surface area contributed by atoms with E-state index < -0.39 is 40.7 Å². The summed E-state index contributed by atoms with van der Waals surface area (Å²) >= 11 is 8.15. The number of piperidine rings is 1. The summed E-state index contributed by atoms with van der Waals surface area (Å²) in [6.07, 6.45) is 2.52. The van der Waals surface area contributed by atoms with E-state index in [0.29, 0.717) is 25.2 Å². The highest BCUT2D eigenvalue weighted by molar-refractivity contribution is 7.98. The van der Waals surface area contributed by atoms with Crippen LogP contribution in [0.1, 0.15) is 66.1 Å². The molecule has 4 aliphatic rings. The first-order valence-corrected chi connectivity index (χ1v) is 19.5. The van der Waals surface area contributed by atoms with Crippen molar-refractivity contribution < 1.29 is 38.5 Å². The van der Waals surface area contributed by atoms with Gasteiger partial charge in [0.1, 0.15) is 22.1 Å². The molecule has 1 saturated heterocycles. The monoisotopic (exact) mass is 775 g/mol. The zero-order chi connectivity index (χ0) is 38.5. The summed E-state index contributed by atoms with van der Waals surface area (Å²) in [6.45, 7) is 3.33. The molecule has 0 radical (unpaired) electrons. The minimum Gasteiger partial charge on any atom is -0.507 e. The molecule has 3 aliphatic heterocycles. The molecule has 12 nitrogen and oxygen atoms in total. The molecule has 1 fully saturated rings. The van der Waals surface area contributed by atoms with Crippen molar-refractivity contribution in [2.75, 3.05) is 40.1 Å². The summed E-state index contributed by atoms with van der Waals surface area (Å²) < 4.78 is 19.0. The number of hydrogen-bond donors (Lipinski definition) is 2. The SMILES string of the molecule is COc1cc(OC)c2c(c1Cl)OC1(C2=O)C(O)=C(C(CC(=O)NCCC(=O)N2CC3CC(C2)c2cccc(=O)n2C3)c2ccc(SC)cc2)C(=O)CC1C. The van der Waals surface area contributed by atoms with Crippen molar-refractivity contribution in [3.8, 4) is 17.2 Å². The first-order valence-electron chi connectivity index (χ1n) is 17.9. The lowest BCUT2D eigenvalue weighted by Gasteiger charge is -2.42. The number of ketones is 2. The molecule has 3 aromatic rings. The van der Waals surface area contributed by atoms with Crippen LogP contribution >= 0.6 is 23.4 Å². The van der Waals surface area contributed by atoms with Crippen LogP contribution < -0.4 is 25.1 Å². The molecule has 5 atom stereocenters. The van der Waals surface area contributed by atoms with E-state index in [9.17, 15) is 29.1 Å². The highest BCUT2D eigenvalue weighted by atomic mass is 35.5. The molecule has 14 heteroatoms. The van der Waals surface area contributed by atoms with E-state index in [1.165, 1.54) is 32.0 Å². The van der Waals surface area contributed by atoms with Crippen LogP contribution in [0.2, 0.25) is 5.02 Å². The van der Waals surface area contributed by atoms with Crippen molar-refractivity contribution in [1.29, 1.82) is 0 Å². The molecule has 4 heterocycles. The Labute approximate surface area is 321 Å². The molecule has 1 aliphatic carbocycles. The Morgan fingerprint density at radius 2 is 1.81 bits per heavy atom. The molecule has 54 heavy (non-hydrogen) atoms. The second-order valence-electron chi connectivity index (χ2n) is 14.4. The number of allylic oxidation sites excluding steroid dienone is 1. The lowest BCUT2D eigenvalue weighted by molar-refractivity contribution is -0.134. The van der Waals surface area contributed by atoms with Gasteiger partial charge in [-0.15, -0.1) is 11.8 Å². The fraction of sp³-hybridized carbons (Fsp3) is 0.425. The summed E-state index contributed by atoms with van der Waals surface area (Å²) in [5.74, 6) is -3.35. The number of benzene rings is 2. The predicted octanol–water partition coefficient (Wildman–Crippen LogP) is 5.30. The fourth-order valence-corrected chi connectivity index (χ4v) is 9.26. The van der Waals surface area contributed by atoms with Gasteiger partial charge in [-0.05, 0) is 42.4 Å². The number of rotatable bonds is 10. The van der Waals surface area contributed by atoms with Crippen LogP contribution in [0.4, 0.5) is 0 Å². The number of pyridine rings is 1. The quantitative estimate of drug-likeness (QED) is 0.260. The number of nitrogens with one attached hydrogen (secondary N) is 1. The van der Waals surface area contributed by atoms with Crippen molar-refractivity contribution in [2.45, 2.75) is 61.5 Å². The van der Waals surface area contributed by atoms with Gasteiger partial charge in [0.05, 0.1) is 14.2 Å². The van der Waals surface area contributed by atoms with Crippen molar-refractivity contribution >= 4 is 46.7 Å². The van der Waals surface area contributed by atoms with E-state index in [1.54, 1.807) is 31.2 Å². The second-order valence-corrected chi connectivity index (χ2v) is 15.6. The first-order chi connectivity index (χ1) is 25.9. The molecule has 2 amide bonds. The van der Waals surface area contributed by atoms with Crippen LogP contribution in [0.3, 0.4) is 0 Å². The number of amides is 2. The Kier molecular flexibility index (Phi) is 10.3. The van der Waals surface area contributed by atoms with E-state index >= 15 is 0 Å². The Morgan fingerprint density at radius 1 is 1.07 bits per heavy atom. The van der Waals surface area contributed by atoms with Gasteiger partial charge in [0.2, 0.25) is 23.2 Å². The largest absolute Gasteiger partial charge is 0.507 e. The topological polar surface area (TPSA) is 153 Å². The molecule has 7 rings (SSSR count). The second kappa shape index (κ2) is 14.8. The molecule has 2 N–H and O–H groups in total. The summed E-state index contributed by atoms with van der Waals surface area (Å²) in [4.78, 5) is 70.6. The maximum Gasteiger partial charge on any atom is 0.250 e. The number of methoxy groups -OCH3 is 2. The third-order valence-electron chi connectivity index (χ3n) is 11.3. The number of aliphatic hydroxyl groups is 1. The summed E-state index contributed by atoms with van der Waals surface area (Å²) in [5.41, 5.74) is -0.575. The maximum atomic E-state index is 14.4. The van der Waals surface area contributed by atoms with E-state index in [-0.39, 0.29) is 82.5 Å². The third-order valence-corrected chi connectivity index (χ3v) is 12.4. The minimum absolute atomic E-state index is 0.0168. The number of halogens is 1. The number of thioether (sulfide) groups is 1. The summed E-state index contributed by atoms with van der Waals surface area (Å²) in [7, 11) is 2.80. The van der Waals surface area contributed by atoms with Crippen molar-refractivity contribution in [3.63, 3.8) is 0 Å². The first kappa shape index (κ1) is 37.6. The van der Waals surface area contributed by atoms with E-state index in [4.69, 9.17) is 25.8 Å². The number of aliphatic hydroxyl groups excluding tert-OH is 1. The number of nitrogens with zero attached hydrogens (tertiary/aromatic N) is 2. The molecule has 1 spiro atoms. The highest BCUT2D eigenvalue weighted by Crippen LogP contribution is 2.56. The maximum absolute atomic E-state index is 14.4. The zero-order valence-electron chi connectivity index (χ0n) is 30.5. The van der Waals surface area contributed by atoms with Gasteiger partial charge in [-0.1, -0.05) is 36.7 Å². The Balaban J connectivity index is 1.13. The van der Waals surface area contributed by atoms with Gasteiger partial charge in [0.25, 0.3) is 5.56 Å². The van der Waals surface area contributed by atoms with Gasteiger partial charge in [0, 0.05) is 91.5 Å². The molecule has 1 aromatic heterocycles. The van der Waals surface area contributed by atoms with Crippen molar-refractivity contribution in [1.82, 2.24) is 14.8 Å². The van der Waals surface area contributed by atoms with Gasteiger partial charge in [0.15, 0.2) is 17.3 Å². The third kappa shape index (κ3) is 6.34. The van der Waals surface area contributed by atoms with Crippen molar-refractivity contribution in [2.24, 2.45) is 11.8 Å². The molecule has 284 valence electrons. The molecule has 2 bridgehead atoms. The van der Waals surface area contributed by atoms with Gasteiger partial charge < -0.3 is 34.1 Å². The van der Waals surface area contributed by atoms with Crippen LogP contribution in [0.25, 0.3) is 0 Å². The van der Waals surface area contributed by atoms with E-state index in [2.05, 4.69) is 5.32 Å². The normalized spacial score (nSPS) is 23.4. The molecule has 5 unspecified atom stereocenters. The van der Waals surface area contributed by atoms with Crippen molar-refractivity contribution in [3.05, 3.63) is 92.1 Å². The number of aromatic nitrogens is 1. The van der Waals surface area contributed by atoms with E-state index in [1.807, 2.05) is 33.9 Å². The zero-order valence-corrected chi connectivity index (χ0v) is 32.1. The van der Waals surface area contributed by atoms with Crippen LogP contribution in [0.15, 0.2) is 69.6 Å². The average molecular weight is 776 g/mol. The minimum atomic E-state index is -2.00. The molecule has 2 aromatic carbocycles. The standard InChI is InChI=1S/C40H42ClN3O9S/c1-21-14-28(45)34(38(49)40(21)39(50)35-29(51-2)17-30(52-3)36(41)37(35)53-40)26(23-8-10-25(54-4)11-9-23)16-31(46)42-13-12-32(47)43-18-22-15-24(20-43)27-6-5-7-33(48)44(27)19-22/h5-11,17,21-22,24,26,49H,12-16,18-20H2,1-4H3,(H,42,46). The van der Waals surface area contributed by atoms with Crippen LogP contribution in [-0.2, 0) is 20.9 Å². The number of carbonyl (C=O) groups excluding carboxylic acids is 4. The Bertz CT molecular complexity index is 2130. The number of carbonyl (C=O) groups is 4. The molecular weight excluding hydrogens is 734 g/mol. The number of fused-ring (bicyclic) bond motifs is 5. The van der Waals surface area contributed by atoms with Gasteiger partial charge in [-0.25, -0.2) is 0 Å². The highest BCUT2D eigenvalue weighted by Gasteiger charge is 2.61. The summed E-state index contributed by atoms with van der Waals surface area (Å²) in [5, 5.41) is 15.0.